The number of nitrogens with zero attached hydrogens (tertiary/aromatic N) is 3. The third-order valence-electron chi connectivity index (χ3n) is 3.11. The minimum absolute atomic E-state index is 0.382. The minimum Gasteiger partial charge on any atom is -0.365 e. The maximum absolute atomic E-state index is 8.90. The number of nitriles is 1. The van der Waals surface area contributed by atoms with Crippen molar-refractivity contribution in [2.24, 2.45) is 5.41 Å². The fraction of sp³-hybridized carbons (Fsp3) is 0.583. The average molecular weight is 216 g/mol. The molecule has 1 heterocycles. The Kier molecular flexibility index (Phi) is 2.78. The molecule has 1 N–H and O–H groups in total. The van der Waals surface area contributed by atoms with Crippen LogP contribution in [-0.2, 0) is 0 Å². The lowest BCUT2D eigenvalue weighted by molar-refractivity contribution is 0.378. The smallest absolute Gasteiger partial charge is 0.182 e. The first-order valence-corrected chi connectivity index (χ1v) is 5.58. The summed E-state index contributed by atoms with van der Waals surface area (Å²) in [5.74, 6) is 0.618. The predicted octanol–water partition coefficient (Wildman–Crippen LogP) is 2.34. The number of rotatable bonds is 2. The lowest BCUT2D eigenvalue weighted by Crippen LogP contribution is -2.19. The van der Waals surface area contributed by atoms with Crippen molar-refractivity contribution in [3.05, 3.63) is 18.1 Å². The van der Waals surface area contributed by atoms with Crippen LogP contribution < -0.4 is 5.32 Å². The third-order valence-corrected chi connectivity index (χ3v) is 3.11. The molecule has 0 aliphatic heterocycles. The molecule has 16 heavy (non-hydrogen) atoms. The molecular weight excluding hydrogens is 200 g/mol. The van der Waals surface area contributed by atoms with Crippen molar-refractivity contribution in [1.82, 2.24) is 9.97 Å². The summed E-state index contributed by atoms with van der Waals surface area (Å²) in [4.78, 5) is 8.15. The molecule has 0 spiro atoms. The number of hydrogen-bond acceptors (Lipinski definition) is 4. The Balaban J connectivity index is 2.08. The zero-order valence-electron chi connectivity index (χ0n) is 9.70. The molecule has 1 unspecified atom stereocenters. The highest BCUT2D eigenvalue weighted by Gasteiger charge is 2.31. The van der Waals surface area contributed by atoms with E-state index in [-0.39, 0.29) is 0 Å². The van der Waals surface area contributed by atoms with Crippen LogP contribution in [0.3, 0.4) is 0 Å². The molecule has 84 valence electrons. The van der Waals surface area contributed by atoms with Crippen molar-refractivity contribution >= 4 is 5.82 Å². The van der Waals surface area contributed by atoms with Crippen molar-refractivity contribution < 1.29 is 0 Å². The van der Waals surface area contributed by atoms with E-state index in [0.29, 0.717) is 23.0 Å². The molecule has 1 aliphatic carbocycles. The van der Waals surface area contributed by atoms with E-state index in [1.165, 1.54) is 6.42 Å². The second kappa shape index (κ2) is 4.09. The van der Waals surface area contributed by atoms with Gasteiger partial charge < -0.3 is 5.32 Å². The summed E-state index contributed by atoms with van der Waals surface area (Å²) in [6.07, 6.45) is 6.63. The Labute approximate surface area is 95.7 Å². The van der Waals surface area contributed by atoms with Gasteiger partial charge in [-0.1, -0.05) is 13.8 Å². The largest absolute Gasteiger partial charge is 0.365 e. The fourth-order valence-corrected chi connectivity index (χ4v) is 2.28. The molecule has 2 rings (SSSR count). The molecule has 1 fully saturated rings. The Morgan fingerprint density at radius 3 is 2.81 bits per heavy atom. The zero-order valence-corrected chi connectivity index (χ0v) is 9.70. The van der Waals surface area contributed by atoms with Gasteiger partial charge in [0.1, 0.15) is 6.07 Å². The van der Waals surface area contributed by atoms with Crippen LogP contribution in [-0.4, -0.2) is 16.0 Å². The Bertz CT molecular complexity index is 419. The maximum Gasteiger partial charge on any atom is 0.182 e. The number of aromatic nitrogens is 2. The third kappa shape index (κ3) is 2.30. The van der Waals surface area contributed by atoms with Crippen molar-refractivity contribution in [1.29, 1.82) is 5.26 Å². The van der Waals surface area contributed by atoms with Crippen molar-refractivity contribution in [3.63, 3.8) is 0 Å². The van der Waals surface area contributed by atoms with Crippen LogP contribution in [0.15, 0.2) is 12.4 Å². The summed E-state index contributed by atoms with van der Waals surface area (Å²) in [5, 5.41) is 12.2. The number of anilines is 1. The first kappa shape index (κ1) is 10.9. The van der Waals surface area contributed by atoms with Crippen LogP contribution in [0.4, 0.5) is 5.82 Å². The van der Waals surface area contributed by atoms with Crippen LogP contribution in [0.1, 0.15) is 38.8 Å². The topological polar surface area (TPSA) is 61.6 Å². The van der Waals surface area contributed by atoms with Gasteiger partial charge in [-0.25, -0.2) is 9.97 Å². The molecular formula is C12H16N4. The highest BCUT2D eigenvalue weighted by Crippen LogP contribution is 2.38. The summed E-state index contributed by atoms with van der Waals surface area (Å²) in [6, 6.07) is 2.47. The quantitative estimate of drug-likeness (QED) is 0.824. The van der Waals surface area contributed by atoms with Crippen LogP contribution in [0.25, 0.3) is 0 Å². The summed E-state index contributed by atoms with van der Waals surface area (Å²) in [5.41, 5.74) is 0.777. The van der Waals surface area contributed by atoms with Gasteiger partial charge in [-0.05, 0) is 24.7 Å². The monoisotopic (exact) mass is 216 g/mol. The first-order chi connectivity index (χ1) is 7.61. The van der Waals surface area contributed by atoms with Crippen molar-refractivity contribution in [2.75, 3.05) is 5.32 Å². The molecule has 1 aromatic heterocycles. The minimum atomic E-state index is 0.382. The first-order valence-electron chi connectivity index (χ1n) is 5.58. The molecule has 1 saturated carbocycles. The molecule has 4 nitrogen and oxygen atoms in total. The second-order valence-corrected chi connectivity index (χ2v) is 5.11. The molecule has 0 amide bonds. The molecule has 0 saturated heterocycles. The molecule has 0 radical (unpaired) electrons. The van der Waals surface area contributed by atoms with Crippen LogP contribution in [0.5, 0.6) is 0 Å². The highest BCUT2D eigenvalue weighted by atomic mass is 15.0. The molecule has 1 atom stereocenters. The molecule has 4 heteroatoms. The molecule has 1 aromatic rings. The van der Waals surface area contributed by atoms with Crippen molar-refractivity contribution in [2.45, 2.75) is 39.2 Å². The van der Waals surface area contributed by atoms with Crippen LogP contribution in [0.2, 0.25) is 0 Å². The molecule has 1 aliphatic rings. The van der Waals surface area contributed by atoms with Gasteiger partial charge >= 0.3 is 0 Å². The summed E-state index contributed by atoms with van der Waals surface area (Å²) in [7, 11) is 0. The lowest BCUT2D eigenvalue weighted by atomic mass is 9.92. The van der Waals surface area contributed by atoms with Gasteiger partial charge in [0.05, 0.1) is 0 Å². The van der Waals surface area contributed by atoms with E-state index in [1.54, 1.807) is 12.4 Å². The highest BCUT2D eigenvalue weighted by molar-refractivity contribution is 5.47. The average Bonchev–Trinajstić information content (AvgIpc) is 2.59. The van der Waals surface area contributed by atoms with E-state index in [2.05, 4.69) is 35.2 Å². The molecule has 0 aromatic carbocycles. The molecule has 0 bridgehead atoms. The summed E-state index contributed by atoms with van der Waals surface area (Å²) >= 11 is 0. The maximum atomic E-state index is 8.90. The van der Waals surface area contributed by atoms with Gasteiger partial charge in [0.15, 0.2) is 11.5 Å². The van der Waals surface area contributed by atoms with E-state index >= 15 is 0 Å². The van der Waals surface area contributed by atoms with E-state index in [1.807, 2.05) is 0 Å². The zero-order chi connectivity index (χ0) is 11.6. The van der Waals surface area contributed by atoms with Crippen molar-refractivity contribution in [3.8, 4) is 6.07 Å². The van der Waals surface area contributed by atoms with Crippen LogP contribution >= 0.6 is 0 Å². The standard InChI is InChI=1S/C12H16N4/c1-12(2)4-3-9(7-12)16-11-10(8-13)14-5-6-15-11/h5-6,9H,3-4,7H2,1-2H3,(H,15,16). The second-order valence-electron chi connectivity index (χ2n) is 5.11. The Morgan fingerprint density at radius 1 is 1.44 bits per heavy atom. The SMILES string of the molecule is CC1(C)CCC(Nc2nccnc2C#N)C1. The Hall–Kier alpha value is -1.63. The normalized spacial score (nSPS) is 22.7. The summed E-state index contributed by atoms with van der Waals surface area (Å²) in [6.45, 7) is 4.55. The van der Waals surface area contributed by atoms with E-state index in [4.69, 9.17) is 5.26 Å². The van der Waals surface area contributed by atoms with Gasteiger partial charge in [-0.15, -0.1) is 0 Å². The van der Waals surface area contributed by atoms with E-state index < -0.39 is 0 Å². The Morgan fingerprint density at radius 2 is 2.19 bits per heavy atom. The van der Waals surface area contributed by atoms with Gasteiger partial charge in [0, 0.05) is 18.4 Å². The van der Waals surface area contributed by atoms with Gasteiger partial charge in [0.25, 0.3) is 0 Å². The predicted molar refractivity (Wildman–Crippen MR) is 61.8 cm³/mol. The fourth-order valence-electron chi connectivity index (χ4n) is 2.28. The lowest BCUT2D eigenvalue weighted by Gasteiger charge is -2.18. The van der Waals surface area contributed by atoms with Crippen LogP contribution in [0, 0.1) is 16.7 Å². The number of hydrogen-bond donors (Lipinski definition) is 1. The summed E-state index contributed by atoms with van der Waals surface area (Å²) < 4.78 is 0. The van der Waals surface area contributed by atoms with Gasteiger partial charge in [-0.3, -0.25) is 0 Å². The van der Waals surface area contributed by atoms with Gasteiger partial charge in [-0.2, -0.15) is 5.26 Å². The number of nitrogens with one attached hydrogen (secondary N) is 1. The van der Waals surface area contributed by atoms with E-state index in [9.17, 15) is 0 Å². The van der Waals surface area contributed by atoms with Gasteiger partial charge in [0.2, 0.25) is 0 Å². The van der Waals surface area contributed by atoms with E-state index in [0.717, 1.165) is 12.8 Å².